The molecule has 0 atom stereocenters. The number of nitrogens with zero attached hydrogens (tertiary/aromatic N) is 1. The molecule has 88 valence electrons. The van der Waals surface area contributed by atoms with E-state index in [2.05, 4.69) is 9.72 Å². The molecular formula is C9H10F2N2O3. The van der Waals surface area contributed by atoms with E-state index in [1.807, 2.05) is 0 Å². The number of carbonyl (C=O) groups excluding carboxylic acids is 1. The molecule has 0 radical (unpaired) electrons. The number of nitrogen functional groups attached to an aromatic ring is 1. The van der Waals surface area contributed by atoms with Gasteiger partial charge in [-0.1, -0.05) is 0 Å². The lowest BCUT2D eigenvalue weighted by Crippen LogP contribution is -2.12. The van der Waals surface area contributed by atoms with Gasteiger partial charge in [0.2, 0.25) is 0 Å². The second kappa shape index (κ2) is 4.73. The third-order valence-electron chi connectivity index (χ3n) is 1.86. The number of halogens is 2. The Morgan fingerprint density at radius 2 is 2.12 bits per heavy atom. The molecule has 0 aliphatic heterocycles. The average Bonchev–Trinajstić information content (AvgIpc) is 2.26. The van der Waals surface area contributed by atoms with Gasteiger partial charge in [0.05, 0.1) is 19.8 Å². The highest BCUT2D eigenvalue weighted by atomic mass is 19.3. The first kappa shape index (κ1) is 12.2. The number of carbonyl (C=O) groups is 1. The number of aromatic nitrogens is 1. The van der Waals surface area contributed by atoms with Gasteiger partial charge in [-0.2, -0.15) is 0 Å². The van der Waals surface area contributed by atoms with E-state index in [4.69, 9.17) is 10.5 Å². The quantitative estimate of drug-likeness (QED) is 0.797. The Morgan fingerprint density at radius 3 is 2.56 bits per heavy atom. The van der Waals surface area contributed by atoms with Crippen molar-refractivity contribution in [1.29, 1.82) is 0 Å². The molecular weight excluding hydrogens is 222 g/mol. The van der Waals surface area contributed by atoms with E-state index in [9.17, 15) is 13.6 Å². The Labute approximate surface area is 90.2 Å². The van der Waals surface area contributed by atoms with Crippen LogP contribution in [0.4, 0.5) is 14.6 Å². The van der Waals surface area contributed by atoms with Gasteiger partial charge in [-0.15, -0.1) is 0 Å². The Kier molecular flexibility index (Phi) is 3.60. The minimum atomic E-state index is -2.91. The zero-order valence-corrected chi connectivity index (χ0v) is 8.66. The molecule has 0 saturated carbocycles. The molecule has 0 aliphatic carbocycles. The van der Waals surface area contributed by atoms with Crippen molar-refractivity contribution in [2.45, 2.75) is 6.43 Å². The molecule has 1 aromatic heterocycles. The van der Waals surface area contributed by atoms with Gasteiger partial charge in [0.25, 0.3) is 6.43 Å². The lowest BCUT2D eigenvalue weighted by atomic mass is 10.1. The topological polar surface area (TPSA) is 74.4 Å². The summed E-state index contributed by atoms with van der Waals surface area (Å²) in [5.41, 5.74) is 4.20. The molecule has 1 rings (SSSR count). The number of pyridine rings is 1. The predicted molar refractivity (Wildman–Crippen MR) is 51.5 cm³/mol. The molecule has 2 N–H and O–H groups in total. The van der Waals surface area contributed by atoms with Crippen LogP contribution in [0.15, 0.2) is 6.07 Å². The molecule has 0 saturated heterocycles. The highest BCUT2D eigenvalue weighted by Crippen LogP contribution is 2.32. The van der Waals surface area contributed by atoms with Gasteiger partial charge < -0.3 is 15.2 Å². The number of esters is 1. The van der Waals surface area contributed by atoms with Crippen LogP contribution in [0.1, 0.15) is 22.5 Å². The maximum absolute atomic E-state index is 12.7. The summed E-state index contributed by atoms with van der Waals surface area (Å²) in [5, 5.41) is 0. The van der Waals surface area contributed by atoms with E-state index in [1.54, 1.807) is 0 Å². The monoisotopic (exact) mass is 232 g/mol. The fourth-order valence-corrected chi connectivity index (χ4v) is 1.18. The molecule has 1 aromatic rings. The van der Waals surface area contributed by atoms with Gasteiger partial charge in [-0.05, 0) is 0 Å². The number of hydrogen-bond donors (Lipinski definition) is 1. The number of methoxy groups -OCH3 is 2. The number of anilines is 1. The second-order valence-electron chi connectivity index (χ2n) is 2.80. The van der Waals surface area contributed by atoms with Crippen molar-refractivity contribution in [3.8, 4) is 5.75 Å². The smallest absolute Gasteiger partial charge is 0.357 e. The molecule has 1 heterocycles. The van der Waals surface area contributed by atoms with Gasteiger partial charge in [0.1, 0.15) is 11.6 Å². The number of rotatable bonds is 3. The Hall–Kier alpha value is -1.92. The van der Waals surface area contributed by atoms with Crippen LogP contribution in [0.5, 0.6) is 5.75 Å². The summed E-state index contributed by atoms with van der Waals surface area (Å²) >= 11 is 0. The first-order chi connectivity index (χ1) is 7.51. The minimum absolute atomic E-state index is 0.0957. The van der Waals surface area contributed by atoms with Crippen molar-refractivity contribution in [3.63, 3.8) is 0 Å². The average molecular weight is 232 g/mol. The maximum atomic E-state index is 12.7. The van der Waals surface area contributed by atoms with Gasteiger partial charge in [0.15, 0.2) is 5.69 Å². The highest BCUT2D eigenvalue weighted by Gasteiger charge is 2.26. The molecule has 5 nitrogen and oxygen atoms in total. The zero-order chi connectivity index (χ0) is 12.3. The summed E-state index contributed by atoms with van der Waals surface area (Å²) in [6.45, 7) is 0. The highest BCUT2D eigenvalue weighted by molar-refractivity contribution is 5.90. The summed E-state index contributed by atoms with van der Waals surface area (Å²) in [7, 11) is 2.26. The minimum Gasteiger partial charge on any atom is -0.496 e. The van der Waals surface area contributed by atoms with E-state index < -0.39 is 23.7 Å². The van der Waals surface area contributed by atoms with Crippen molar-refractivity contribution in [1.82, 2.24) is 4.98 Å². The standard InChI is InChI=1S/C9H10F2N2O3/c1-15-4-3-5(12)13-7(9(14)16-2)6(4)8(10)11/h3,8H,1-2H3,(H2,12,13). The van der Waals surface area contributed by atoms with Crippen molar-refractivity contribution >= 4 is 11.8 Å². The van der Waals surface area contributed by atoms with Gasteiger partial charge in [-0.25, -0.2) is 18.6 Å². The lowest BCUT2D eigenvalue weighted by molar-refractivity contribution is 0.0580. The molecule has 16 heavy (non-hydrogen) atoms. The first-order valence-corrected chi connectivity index (χ1v) is 4.22. The van der Waals surface area contributed by atoms with Crippen LogP contribution in [-0.4, -0.2) is 25.2 Å². The molecule has 0 amide bonds. The van der Waals surface area contributed by atoms with E-state index in [-0.39, 0.29) is 11.6 Å². The van der Waals surface area contributed by atoms with E-state index in [0.717, 1.165) is 13.2 Å². The van der Waals surface area contributed by atoms with Gasteiger partial charge in [-0.3, -0.25) is 0 Å². The third kappa shape index (κ3) is 2.18. The van der Waals surface area contributed by atoms with Crippen LogP contribution >= 0.6 is 0 Å². The molecule has 7 heteroatoms. The summed E-state index contributed by atoms with van der Waals surface area (Å²) < 4.78 is 34.5. The van der Waals surface area contributed by atoms with Crippen LogP contribution < -0.4 is 10.5 Å². The number of hydrogen-bond acceptors (Lipinski definition) is 5. The van der Waals surface area contributed by atoms with E-state index in [0.29, 0.717) is 0 Å². The molecule has 0 bridgehead atoms. The molecule has 0 unspecified atom stereocenters. The summed E-state index contributed by atoms with van der Waals surface area (Å²) in [5.74, 6) is -1.27. The van der Waals surface area contributed by atoms with Crippen LogP contribution in [-0.2, 0) is 4.74 Å². The lowest BCUT2D eigenvalue weighted by Gasteiger charge is -2.11. The molecule has 0 spiro atoms. The Morgan fingerprint density at radius 1 is 1.50 bits per heavy atom. The Balaban J connectivity index is 3.44. The van der Waals surface area contributed by atoms with Crippen LogP contribution in [0, 0.1) is 0 Å². The van der Waals surface area contributed by atoms with Crippen LogP contribution in [0.2, 0.25) is 0 Å². The SMILES string of the molecule is COC(=O)c1nc(N)cc(OC)c1C(F)F. The zero-order valence-electron chi connectivity index (χ0n) is 8.66. The van der Waals surface area contributed by atoms with E-state index in [1.165, 1.54) is 7.11 Å². The predicted octanol–water partition coefficient (Wildman–Crippen LogP) is 1.40. The fourth-order valence-electron chi connectivity index (χ4n) is 1.18. The largest absolute Gasteiger partial charge is 0.496 e. The first-order valence-electron chi connectivity index (χ1n) is 4.22. The van der Waals surface area contributed by atoms with Gasteiger partial charge >= 0.3 is 5.97 Å². The molecule has 0 aliphatic rings. The van der Waals surface area contributed by atoms with Crippen molar-refractivity contribution in [3.05, 3.63) is 17.3 Å². The molecule has 0 aromatic carbocycles. The van der Waals surface area contributed by atoms with Crippen molar-refractivity contribution in [2.75, 3.05) is 20.0 Å². The number of ether oxygens (including phenoxy) is 2. The number of nitrogens with two attached hydrogens (primary N) is 1. The van der Waals surface area contributed by atoms with Gasteiger partial charge in [0, 0.05) is 6.07 Å². The molecule has 0 fully saturated rings. The maximum Gasteiger partial charge on any atom is 0.357 e. The Bertz CT molecular complexity index is 410. The van der Waals surface area contributed by atoms with Crippen molar-refractivity contribution in [2.24, 2.45) is 0 Å². The number of alkyl halides is 2. The summed E-state index contributed by atoms with van der Waals surface area (Å²) in [4.78, 5) is 14.7. The normalized spacial score (nSPS) is 10.3. The van der Waals surface area contributed by atoms with Crippen LogP contribution in [0.3, 0.4) is 0 Å². The fraction of sp³-hybridized carbons (Fsp3) is 0.333. The van der Waals surface area contributed by atoms with E-state index >= 15 is 0 Å². The summed E-state index contributed by atoms with van der Waals surface area (Å²) in [6, 6.07) is 1.12. The second-order valence-corrected chi connectivity index (χ2v) is 2.80. The third-order valence-corrected chi connectivity index (χ3v) is 1.86. The summed E-state index contributed by atoms with van der Waals surface area (Å²) in [6.07, 6.45) is -2.91. The van der Waals surface area contributed by atoms with Crippen LogP contribution in [0.25, 0.3) is 0 Å². The van der Waals surface area contributed by atoms with Crippen molar-refractivity contribution < 1.29 is 23.0 Å².